The van der Waals surface area contributed by atoms with Crippen LogP contribution >= 0.6 is 23.2 Å². The number of benzene rings is 2. The van der Waals surface area contributed by atoms with Crippen molar-refractivity contribution in [1.82, 2.24) is 0 Å². The molecule has 1 unspecified atom stereocenters. The van der Waals surface area contributed by atoms with Crippen molar-refractivity contribution in [2.24, 2.45) is 10.2 Å². The van der Waals surface area contributed by atoms with Crippen molar-refractivity contribution in [2.45, 2.75) is 40.7 Å². The molecule has 0 aliphatic heterocycles. The highest BCUT2D eigenvalue weighted by molar-refractivity contribution is 6.33. The lowest BCUT2D eigenvalue weighted by molar-refractivity contribution is -0.126. The number of azo groups is 1. The molecule has 0 aliphatic rings. The zero-order valence-electron chi connectivity index (χ0n) is 20.3. The second-order valence-electron chi connectivity index (χ2n) is 6.98. The first-order valence-electron chi connectivity index (χ1n) is 11.2. The number of hydrogen-bond donors (Lipinski definition) is 1. The largest absolute Gasteiger partial charge is 0.494 e. The average Bonchev–Trinajstić information content (AvgIpc) is 2.79. The van der Waals surface area contributed by atoms with Crippen LogP contribution in [0.3, 0.4) is 0 Å². The number of Topliss-reactive ketones (excluding diaryl/α,β-unsaturated/α-hetero) is 1. The molecule has 9 nitrogen and oxygen atoms in total. The molecule has 0 radical (unpaired) electrons. The Balaban J connectivity index is 2.37. The van der Waals surface area contributed by atoms with Crippen LogP contribution in [-0.2, 0) is 9.59 Å². The number of hydrogen-bond acceptors (Lipinski definition) is 8. The molecule has 1 atom stereocenters. The number of carbonyl (C=O) groups is 2. The van der Waals surface area contributed by atoms with E-state index in [9.17, 15) is 9.59 Å². The summed E-state index contributed by atoms with van der Waals surface area (Å²) < 4.78 is 22.2. The highest BCUT2D eigenvalue weighted by atomic mass is 35.5. The number of rotatable bonds is 13. The van der Waals surface area contributed by atoms with Gasteiger partial charge in [0.05, 0.1) is 42.2 Å². The van der Waals surface area contributed by atoms with Crippen molar-refractivity contribution < 1.29 is 28.5 Å². The van der Waals surface area contributed by atoms with E-state index >= 15 is 0 Å². The summed E-state index contributed by atoms with van der Waals surface area (Å²) in [5.41, 5.74) is 0.459. The Morgan fingerprint density at radius 1 is 0.857 bits per heavy atom. The topological polar surface area (TPSA) is 108 Å². The number of carbonyl (C=O) groups excluding carboxylic acids is 2. The van der Waals surface area contributed by atoms with Crippen molar-refractivity contribution in [1.29, 1.82) is 0 Å². The number of ketones is 1. The fraction of sp³-hybridized carbons (Fsp3) is 0.417. The first-order chi connectivity index (χ1) is 16.7. The first-order valence-corrected chi connectivity index (χ1v) is 11.9. The highest BCUT2D eigenvalue weighted by Crippen LogP contribution is 2.39. The van der Waals surface area contributed by atoms with E-state index in [4.69, 9.17) is 42.1 Å². The van der Waals surface area contributed by atoms with E-state index in [1.807, 2.05) is 20.8 Å². The molecule has 2 aromatic carbocycles. The zero-order chi connectivity index (χ0) is 26.0. The van der Waals surface area contributed by atoms with Crippen LogP contribution in [-0.4, -0.2) is 44.2 Å². The Labute approximate surface area is 214 Å². The number of nitrogens with zero attached hydrogens (tertiary/aromatic N) is 2. The van der Waals surface area contributed by atoms with Gasteiger partial charge in [-0.15, -0.1) is 0 Å². The number of halogens is 2. The summed E-state index contributed by atoms with van der Waals surface area (Å²) in [4.78, 5) is 25.3. The third-order valence-electron chi connectivity index (χ3n) is 4.40. The predicted molar refractivity (Wildman–Crippen MR) is 135 cm³/mol. The molecule has 0 heterocycles. The molecule has 2 aromatic rings. The van der Waals surface area contributed by atoms with E-state index < -0.39 is 17.7 Å². The van der Waals surface area contributed by atoms with Gasteiger partial charge in [-0.25, -0.2) is 0 Å². The SMILES string of the molecule is CCOc1cc(Cl)c(OCC)c(NC(=O)C(N=Nc2cc(OCC)c(OCC)cc2Cl)C(C)=O)c1. The van der Waals surface area contributed by atoms with Crippen LogP contribution in [0.1, 0.15) is 34.6 Å². The summed E-state index contributed by atoms with van der Waals surface area (Å²) in [6.45, 7) is 10.0. The van der Waals surface area contributed by atoms with Crippen molar-refractivity contribution in [3.63, 3.8) is 0 Å². The van der Waals surface area contributed by atoms with Gasteiger partial charge in [0.1, 0.15) is 11.4 Å². The molecular weight excluding hydrogens is 497 g/mol. The highest BCUT2D eigenvalue weighted by Gasteiger charge is 2.25. The van der Waals surface area contributed by atoms with Gasteiger partial charge in [-0.05, 0) is 34.6 Å². The van der Waals surface area contributed by atoms with Crippen molar-refractivity contribution >= 4 is 46.3 Å². The quantitative estimate of drug-likeness (QED) is 0.244. The van der Waals surface area contributed by atoms with Crippen LogP contribution in [0.2, 0.25) is 10.0 Å². The summed E-state index contributed by atoms with van der Waals surface area (Å²) in [5.74, 6) is 0.305. The standard InChI is InChI=1S/C24H29Cl2N3O6/c1-6-32-15-10-17(26)23(35-9-4)19(11-15)27-24(31)22(14(5)30)29-28-18-13-21(34-8-3)20(33-7-2)12-16(18)25/h10-13,22H,6-9H2,1-5H3,(H,27,31). The van der Waals surface area contributed by atoms with Crippen LogP contribution in [0.25, 0.3) is 0 Å². The van der Waals surface area contributed by atoms with Gasteiger partial charge in [0.2, 0.25) is 6.04 Å². The van der Waals surface area contributed by atoms with Crippen molar-refractivity contribution in [2.75, 3.05) is 31.7 Å². The minimum atomic E-state index is -1.45. The van der Waals surface area contributed by atoms with Gasteiger partial charge >= 0.3 is 0 Å². The van der Waals surface area contributed by atoms with E-state index in [1.54, 1.807) is 25.1 Å². The Morgan fingerprint density at radius 2 is 1.46 bits per heavy atom. The fourth-order valence-electron chi connectivity index (χ4n) is 2.98. The second-order valence-corrected chi connectivity index (χ2v) is 7.80. The molecule has 0 bridgehead atoms. The molecule has 0 aromatic heterocycles. The van der Waals surface area contributed by atoms with Gasteiger partial charge in [0.15, 0.2) is 23.0 Å². The van der Waals surface area contributed by atoms with Crippen LogP contribution in [0, 0.1) is 0 Å². The Morgan fingerprint density at radius 3 is 2.03 bits per heavy atom. The Hall–Kier alpha value is -3.04. The van der Waals surface area contributed by atoms with Crippen molar-refractivity contribution in [3.8, 4) is 23.0 Å². The van der Waals surface area contributed by atoms with E-state index in [0.717, 1.165) is 0 Å². The lowest BCUT2D eigenvalue weighted by Gasteiger charge is -2.16. The normalized spacial score (nSPS) is 11.7. The van der Waals surface area contributed by atoms with Gasteiger partial charge in [-0.1, -0.05) is 23.2 Å². The minimum absolute atomic E-state index is 0.217. The summed E-state index contributed by atoms with van der Waals surface area (Å²) in [6, 6.07) is 4.77. The van der Waals surface area contributed by atoms with Crippen LogP contribution < -0.4 is 24.3 Å². The molecule has 0 saturated carbocycles. The Bertz CT molecular complexity index is 1080. The predicted octanol–water partition coefficient (Wildman–Crippen LogP) is 6.27. The summed E-state index contributed by atoms with van der Waals surface area (Å²) in [7, 11) is 0. The monoisotopic (exact) mass is 525 g/mol. The van der Waals surface area contributed by atoms with Crippen LogP contribution in [0.4, 0.5) is 11.4 Å². The molecule has 2 rings (SSSR count). The van der Waals surface area contributed by atoms with Gasteiger partial charge < -0.3 is 24.3 Å². The molecule has 11 heteroatoms. The van der Waals surface area contributed by atoms with E-state index in [0.29, 0.717) is 43.7 Å². The minimum Gasteiger partial charge on any atom is -0.494 e. The molecule has 1 N–H and O–H groups in total. The van der Waals surface area contributed by atoms with E-state index in [2.05, 4.69) is 15.5 Å². The molecule has 1 amide bonds. The molecule has 0 saturated heterocycles. The molecule has 0 spiro atoms. The van der Waals surface area contributed by atoms with Crippen LogP contribution in [0.15, 0.2) is 34.5 Å². The number of amides is 1. The summed E-state index contributed by atoms with van der Waals surface area (Å²) in [6.07, 6.45) is 0. The van der Waals surface area contributed by atoms with E-state index in [-0.39, 0.29) is 27.2 Å². The Kier molecular flexibility index (Phi) is 11.1. The second kappa shape index (κ2) is 13.7. The lowest BCUT2D eigenvalue weighted by Crippen LogP contribution is -2.32. The maximum Gasteiger partial charge on any atom is 0.258 e. The van der Waals surface area contributed by atoms with Crippen LogP contribution in [0.5, 0.6) is 23.0 Å². The third kappa shape index (κ3) is 7.73. The zero-order valence-corrected chi connectivity index (χ0v) is 21.8. The fourth-order valence-corrected chi connectivity index (χ4v) is 3.43. The average molecular weight is 526 g/mol. The van der Waals surface area contributed by atoms with Gasteiger partial charge in [-0.3, -0.25) is 9.59 Å². The number of anilines is 1. The van der Waals surface area contributed by atoms with Crippen molar-refractivity contribution in [3.05, 3.63) is 34.3 Å². The summed E-state index contributed by atoms with van der Waals surface area (Å²) in [5, 5.41) is 11.1. The number of ether oxygens (including phenoxy) is 4. The molecule has 0 fully saturated rings. The third-order valence-corrected chi connectivity index (χ3v) is 4.99. The van der Waals surface area contributed by atoms with Gasteiger partial charge in [0, 0.05) is 24.3 Å². The maximum atomic E-state index is 13.0. The lowest BCUT2D eigenvalue weighted by atomic mass is 10.2. The molecule has 0 aliphatic carbocycles. The molecular formula is C24H29Cl2N3O6. The van der Waals surface area contributed by atoms with Gasteiger partial charge in [0.25, 0.3) is 5.91 Å². The molecule has 190 valence electrons. The maximum absolute atomic E-state index is 13.0. The molecule has 35 heavy (non-hydrogen) atoms. The summed E-state index contributed by atoms with van der Waals surface area (Å²) >= 11 is 12.6. The number of nitrogens with one attached hydrogen (secondary N) is 1. The van der Waals surface area contributed by atoms with E-state index in [1.165, 1.54) is 13.0 Å². The first kappa shape index (κ1) is 28.2. The van der Waals surface area contributed by atoms with Gasteiger partial charge in [-0.2, -0.15) is 10.2 Å². The smallest absolute Gasteiger partial charge is 0.258 e.